The minimum absolute atomic E-state index is 0.0331. The van der Waals surface area contributed by atoms with Gasteiger partial charge in [-0.05, 0) is 66.6 Å². The summed E-state index contributed by atoms with van der Waals surface area (Å²) in [5.74, 6) is 1.29. The van der Waals surface area contributed by atoms with Crippen molar-refractivity contribution in [2.24, 2.45) is 28.6 Å². The van der Waals surface area contributed by atoms with Gasteiger partial charge < -0.3 is 5.11 Å². The Hall–Kier alpha value is -1.48. The number of carbonyl (C=O) groups is 2. The molecule has 0 aromatic carbocycles. The van der Waals surface area contributed by atoms with E-state index in [0.717, 1.165) is 24.0 Å². The molecule has 0 aromatic heterocycles. The van der Waals surface area contributed by atoms with Crippen LogP contribution < -0.4 is 0 Å². The molecule has 4 aliphatic carbocycles. The third-order valence-corrected chi connectivity index (χ3v) is 7.59. The molecule has 24 heavy (non-hydrogen) atoms. The monoisotopic (exact) mass is 326 g/mol. The highest BCUT2D eigenvalue weighted by atomic mass is 16.3. The number of fused-ring (bicyclic) bond motifs is 5. The summed E-state index contributed by atoms with van der Waals surface area (Å²) in [6.45, 7) is 5.95. The fourth-order valence-corrected chi connectivity index (χ4v) is 6.08. The van der Waals surface area contributed by atoms with Crippen LogP contribution in [-0.4, -0.2) is 22.8 Å². The molecule has 0 unspecified atom stereocenters. The van der Waals surface area contributed by atoms with E-state index in [9.17, 15) is 14.7 Å². The number of aliphatic hydroxyl groups is 1. The standard InChI is InChI=1S/C21H26O3/c1-12(22)16-6-7-17-15-5-4-13-10-14(23)8-9-20(13,2)18(15)11-19(24)21(16,17)3/h4-6,10,15,17-19,24H,7-9,11H2,1-3H3/t15-,17-,18-,19+,20-,21+/m1/s1. The van der Waals surface area contributed by atoms with Crippen molar-refractivity contribution in [2.45, 2.75) is 52.6 Å². The van der Waals surface area contributed by atoms with Crippen LogP contribution in [0.15, 0.2) is 35.5 Å². The Morgan fingerprint density at radius 1 is 1.29 bits per heavy atom. The van der Waals surface area contributed by atoms with E-state index in [0.29, 0.717) is 24.7 Å². The van der Waals surface area contributed by atoms with Crippen LogP contribution in [-0.2, 0) is 9.59 Å². The van der Waals surface area contributed by atoms with Crippen LogP contribution in [0, 0.1) is 28.6 Å². The third kappa shape index (κ3) is 1.88. The van der Waals surface area contributed by atoms with Gasteiger partial charge >= 0.3 is 0 Å². The van der Waals surface area contributed by atoms with E-state index >= 15 is 0 Å². The van der Waals surface area contributed by atoms with Crippen molar-refractivity contribution in [2.75, 3.05) is 0 Å². The smallest absolute Gasteiger partial charge is 0.156 e. The summed E-state index contributed by atoms with van der Waals surface area (Å²) in [4.78, 5) is 23.9. The first-order valence-corrected chi connectivity index (χ1v) is 9.11. The predicted octanol–water partition coefficient (Wildman–Crippen LogP) is 3.39. The van der Waals surface area contributed by atoms with Crippen LogP contribution in [0.1, 0.15) is 46.5 Å². The molecular formula is C21H26O3. The van der Waals surface area contributed by atoms with E-state index in [1.165, 1.54) is 0 Å². The summed E-state index contributed by atoms with van der Waals surface area (Å²) in [6.07, 6.45) is 10.8. The van der Waals surface area contributed by atoms with Crippen LogP contribution >= 0.6 is 0 Å². The van der Waals surface area contributed by atoms with Crippen LogP contribution in [0.3, 0.4) is 0 Å². The zero-order valence-corrected chi connectivity index (χ0v) is 14.7. The van der Waals surface area contributed by atoms with Crippen LogP contribution in [0.5, 0.6) is 0 Å². The minimum atomic E-state index is -0.497. The van der Waals surface area contributed by atoms with Crippen molar-refractivity contribution in [3.05, 3.63) is 35.5 Å². The Labute approximate surface area is 143 Å². The van der Waals surface area contributed by atoms with Gasteiger partial charge in [0.25, 0.3) is 0 Å². The molecule has 6 atom stereocenters. The molecule has 3 heteroatoms. The van der Waals surface area contributed by atoms with Crippen LogP contribution in [0.25, 0.3) is 0 Å². The van der Waals surface area contributed by atoms with Crippen molar-refractivity contribution in [1.29, 1.82) is 0 Å². The van der Waals surface area contributed by atoms with Crippen molar-refractivity contribution < 1.29 is 14.7 Å². The maximum Gasteiger partial charge on any atom is 0.156 e. The summed E-state index contributed by atoms with van der Waals surface area (Å²) in [7, 11) is 0. The summed E-state index contributed by atoms with van der Waals surface area (Å²) in [5, 5.41) is 11.1. The normalized spacial score (nSPS) is 46.6. The molecule has 0 heterocycles. The van der Waals surface area contributed by atoms with Crippen molar-refractivity contribution in [3.63, 3.8) is 0 Å². The van der Waals surface area contributed by atoms with Gasteiger partial charge in [0.2, 0.25) is 0 Å². The molecule has 128 valence electrons. The highest BCUT2D eigenvalue weighted by Crippen LogP contribution is 2.63. The molecule has 0 amide bonds. The molecule has 4 aliphatic rings. The van der Waals surface area contributed by atoms with Gasteiger partial charge in [0.15, 0.2) is 11.6 Å². The molecule has 0 radical (unpaired) electrons. The van der Waals surface area contributed by atoms with Gasteiger partial charge in [0.05, 0.1) is 6.10 Å². The van der Waals surface area contributed by atoms with Crippen molar-refractivity contribution >= 4 is 11.6 Å². The molecule has 0 spiro atoms. The van der Waals surface area contributed by atoms with E-state index < -0.39 is 11.5 Å². The van der Waals surface area contributed by atoms with Crippen molar-refractivity contribution in [3.8, 4) is 0 Å². The van der Waals surface area contributed by atoms with Crippen LogP contribution in [0.2, 0.25) is 0 Å². The second-order valence-electron chi connectivity index (χ2n) is 8.58. The summed E-state index contributed by atoms with van der Waals surface area (Å²) < 4.78 is 0. The minimum Gasteiger partial charge on any atom is -0.392 e. The average molecular weight is 326 g/mol. The topological polar surface area (TPSA) is 54.4 Å². The lowest BCUT2D eigenvalue weighted by atomic mass is 9.48. The number of hydrogen-bond donors (Lipinski definition) is 1. The van der Waals surface area contributed by atoms with Gasteiger partial charge in [-0.15, -0.1) is 0 Å². The number of rotatable bonds is 1. The van der Waals surface area contributed by atoms with Gasteiger partial charge in [0.1, 0.15) is 0 Å². The first kappa shape index (κ1) is 16.0. The zero-order chi connectivity index (χ0) is 17.3. The number of Topliss-reactive ketones (excluding diaryl/α,β-unsaturated/α-hetero) is 1. The summed E-state index contributed by atoms with van der Waals surface area (Å²) in [5.41, 5.74) is 1.49. The Kier molecular flexibility index (Phi) is 3.34. The highest BCUT2D eigenvalue weighted by Gasteiger charge is 2.60. The molecule has 0 aliphatic heterocycles. The summed E-state index contributed by atoms with van der Waals surface area (Å²) in [6, 6.07) is 0. The molecule has 4 rings (SSSR count). The fraction of sp³-hybridized carbons (Fsp3) is 0.619. The Morgan fingerprint density at radius 3 is 2.75 bits per heavy atom. The van der Waals surface area contributed by atoms with Crippen molar-refractivity contribution in [1.82, 2.24) is 0 Å². The lowest BCUT2D eigenvalue weighted by molar-refractivity contribution is -0.122. The SMILES string of the molecule is CC(=O)C1=CC[C@@H]2[C@H]3C=CC4=CC(=O)CC[C@@]4(C)[C@@H]3C[C@H](O)[C@@]12C. The van der Waals surface area contributed by atoms with E-state index in [2.05, 4.69) is 32.1 Å². The predicted molar refractivity (Wildman–Crippen MR) is 92.2 cm³/mol. The zero-order valence-electron chi connectivity index (χ0n) is 14.7. The number of allylic oxidation sites excluding steroid dienone is 5. The van der Waals surface area contributed by atoms with Gasteiger partial charge in [-0.1, -0.05) is 32.1 Å². The summed E-state index contributed by atoms with van der Waals surface area (Å²) >= 11 is 0. The van der Waals surface area contributed by atoms with E-state index in [1.54, 1.807) is 6.92 Å². The molecule has 0 saturated heterocycles. The fourth-order valence-electron chi connectivity index (χ4n) is 6.08. The molecule has 0 aromatic rings. The first-order chi connectivity index (χ1) is 11.3. The Morgan fingerprint density at radius 2 is 2.04 bits per heavy atom. The second-order valence-corrected chi connectivity index (χ2v) is 8.58. The maximum atomic E-state index is 12.1. The largest absolute Gasteiger partial charge is 0.392 e. The van der Waals surface area contributed by atoms with Gasteiger partial charge in [-0.3, -0.25) is 9.59 Å². The van der Waals surface area contributed by atoms with Crippen LogP contribution in [0.4, 0.5) is 0 Å². The number of carbonyl (C=O) groups excluding carboxylic acids is 2. The Balaban J connectivity index is 1.78. The third-order valence-electron chi connectivity index (χ3n) is 7.59. The lowest BCUT2D eigenvalue weighted by Crippen LogP contribution is -2.54. The molecule has 0 bridgehead atoms. The lowest BCUT2D eigenvalue weighted by Gasteiger charge is -2.57. The first-order valence-electron chi connectivity index (χ1n) is 9.11. The molecular weight excluding hydrogens is 300 g/mol. The molecule has 1 N–H and O–H groups in total. The number of ketones is 2. The van der Waals surface area contributed by atoms with Gasteiger partial charge in [0, 0.05) is 11.8 Å². The van der Waals surface area contributed by atoms with E-state index in [4.69, 9.17) is 0 Å². The second kappa shape index (κ2) is 5.01. The Bertz CT molecular complexity index is 713. The van der Waals surface area contributed by atoms with E-state index in [1.807, 2.05) is 6.08 Å². The number of aliphatic hydroxyl groups excluding tert-OH is 1. The number of hydrogen-bond acceptors (Lipinski definition) is 3. The maximum absolute atomic E-state index is 12.1. The molecule has 1 saturated carbocycles. The molecule has 3 nitrogen and oxygen atoms in total. The molecule has 1 fully saturated rings. The quantitative estimate of drug-likeness (QED) is 0.803. The van der Waals surface area contributed by atoms with Gasteiger partial charge in [-0.25, -0.2) is 0 Å². The van der Waals surface area contributed by atoms with Gasteiger partial charge in [-0.2, -0.15) is 0 Å². The highest BCUT2D eigenvalue weighted by molar-refractivity contribution is 5.95. The average Bonchev–Trinajstić information content (AvgIpc) is 2.88. The van der Waals surface area contributed by atoms with E-state index in [-0.39, 0.29) is 22.9 Å².